The number of rotatable bonds is 7. The Bertz CT molecular complexity index is 911. The fraction of sp³-hybridized carbons (Fsp3) is 0.600. The van der Waals surface area contributed by atoms with Gasteiger partial charge in [0.1, 0.15) is 0 Å². The minimum Gasteiger partial charge on any atom is -0.373 e. The SMILES string of the molecule is CN=C(NCc1ccccc1CN1CC(C)OC(C)C1)NC(C)Cc1c(C)nn(C)c1C. The average Bonchev–Trinajstić information content (AvgIpc) is 2.97. The minimum absolute atomic E-state index is 0.245. The van der Waals surface area contributed by atoms with Gasteiger partial charge in [-0.15, -0.1) is 0 Å². The van der Waals surface area contributed by atoms with Crippen LogP contribution in [0.25, 0.3) is 0 Å². The molecule has 176 valence electrons. The largest absolute Gasteiger partial charge is 0.373 e. The number of aliphatic imine (C=N–C) groups is 1. The molecule has 3 rings (SSSR count). The van der Waals surface area contributed by atoms with Crippen LogP contribution in [0.2, 0.25) is 0 Å². The standard InChI is InChI=1S/C25H40N6O/c1-17(12-24-20(4)29-30(7)21(24)5)28-25(26-6)27-13-22-10-8-9-11-23(22)16-31-14-18(2)32-19(3)15-31/h8-11,17-19H,12-16H2,1-7H3,(H2,26,27,28). The van der Waals surface area contributed by atoms with Gasteiger partial charge in [-0.1, -0.05) is 24.3 Å². The molecule has 2 heterocycles. The summed E-state index contributed by atoms with van der Waals surface area (Å²) in [4.78, 5) is 6.94. The predicted molar refractivity (Wildman–Crippen MR) is 131 cm³/mol. The van der Waals surface area contributed by atoms with Crippen molar-refractivity contribution in [1.29, 1.82) is 0 Å². The number of hydrogen-bond acceptors (Lipinski definition) is 4. The van der Waals surface area contributed by atoms with Gasteiger partial charge in [-0.3, -0.25) is 14.6 Å². The van der Waals surface area contributed by atoms with Crippen LogP contribution in [0.15, 0.2) is 29.3 Å². The number of aromatic nitrogens is 2. The number of ether oxygens (including phenoxy) is 1. The summed E-state index contributed by atoms with van der Waals surface area (Å²) >= 11 is 0. The monoisotopic (exact) mass is 440 g/mol. The molecule has 2 N–H and O–H groups in total. The second kappa shape index (κ2) is 11.0. The Hall–Kier alpha value is -2.38. The van der Waals surface area contributed by atoms with E-state index in [1.165, 1.54) is 22.4 Å². The van der Waals surface area contributed by atoms with Gasteiger partial charge < -0.3 is 15.4 Å². The normalized spacial score (nSPS) is 20.9. The van der Waals surface area contributed by atoms with Gasteiger partial charge >= 0.3 is 0 Å². The molecule has 0 radical (unpaired) electrons. The zero-order valence-corrected chi connectivity index (χ0v) is 20.8. The second-order valence-electron chi connectivity index (χ2n) is 9.17. The summed E-state index contributed by atoms with van der Waals surface area (Å²) in [6, 6.07) is 8.91. The third kappa shape index (κ3) is 6.33. The quantitative estimate of drug-likeness (QED) is 0.512. The van der Waals surface area contributed by atoms with Crippen molar-refractivity contribution in [3.05, 3.63) is 52.3 Å². The van der Waals surface area contributed by atoms with E-state index in [1.807, 2.05) is 18.8 Å². The van der Waals surface area contributed by atoms with Crippen LogP contribution in [0.5, 0.6) is 0 Å². The molecule has 0 aliphatic carbocycles. The Morgan fingerprint density at radius 3 is 2.44 bits per heavy atom. The van der Waals surface area contributed by atoms with Gasteiger partial charge in [-0.25, -0.2) is 0 Å². The predicted octanol–water partition coefficient (Wildman–Crippen LogP) is 2.94. The van der Waals surface area contributed by atoms with Crippen LogP contribution in [0.3, 0.4) is 0 Å². The van der Waals surface area contributed by atoms with Crippen molar-refractivity contribution < 1.29 is 4.74 Å². The topological polar surface area (TPSA) is 66.7 Å². The highest BCUT2D eigenvalue weighted by molar-refractivity contribution is 5.80. The highest BCUT2D eigenvalue weighted by Gasteiger charge is 2.22. The first-order valence-corrected chi connectivity index (χ1v) is 11.7. The Labute approximate surface area is 193 Å². The average molecular weight is 441 g/mol. The molecule has 7 heteroatoms. The van der Waals surface area contributed by atoms with E-state index >= 15 is 0 Å². The zero-order valence-electron chi connectivity index (χ0n) is 20.8. The summed E-state index contributed by atoms with van der Waals surface area (Å²) in [5.41, 5.74) is 6.28. The molecule has 3 atom stereocenters. The molecule has 7 nitrogen and oxygen atoms in total. The van der Waals surface area contributed by atoms with E-state index < -0.39 is 0 Å². The number of benzene rings is 1. The number of hydrogen-bond donors (Lipinski definition) is 2. The van der Waals surface area contributed by atoms with Gasteiger partial charge in [-0.2, -0.15) is 5.10 Å². The first-order valence-electron chi connectivity index (χ1n) is 11.7. The minimum atomic E-state index is 0.245. The fourth-order valence-electron chi connectivity index (χ4n) is 4.62. The number of guanidine groups is 1. The lowest BCUT2D eigenvalue weighted by Gasteiger charge is -2.35. The molecule has 2 aromatic rings. The highest BCUT2D eigenvalue weighted by atomic mass is 16.5. The van der Waals surface area contributed by atoms with Crippen LogP contribution in [0, 0.1) is 13.8 Å². The molecule has 0 spiro atoms. The Morgan fingerprint density at radius 1 is 1.19 bits per heavy atom. The van der Waals surface area contributed by atoms with Crippen LogP contribution in [-0.2, 0) is 31.3 Å². The first-order chi connectivity index (χ1) is 15.3. The molecule has 0 amide bonds. The van der Waals surface area contributed by atoms with Crippen LogP contribution < -0.4 is 10.6 Å². The Morgan fingerprint density at radius 2 is 1.84 bits per heavy atom. The van der Waals surface area contributed by atoms with E-state index in [9.17, 15) is 0 Å². The summed E-state index contributed by atoms with van der Waals surface area (Å²) in [5.74, 6) is 0.820. The van der Waals surface area contributed by atoms with Crippen LogP contribution in [-0.4, -0.2) is 59.0 Å². The van der Waals surface area contributed by atoms with Crippen molar-refractivity contribution in [2.75, 3.05) is 20.1 Å². The first kappa shape index (κ1) is 24.3. The molecular formula is C25H40N6O. The van der Waals surface area contributed by atoms with E-state index in [2.05, 4.69) is 84.5 Å². The summed E-state index contributed by atoms with van der Waals surface area (Å²) in [6.45, 7) is 14.3. The second-order valence-corrected chi connectivity index (χ2v) is 9.17. The fourth-order valence-corrected chi connectivity index (χ4v) is 4.62. The molecule has 1 aromatic heterocycles. The third-order valence-corrected chi connectivity index (χ3v) is 6.23. The highest BCUT2D eigenvalue weighted by Crippen LogP contribution is 2.17. The maximum absolute atomic E-state index is 5.89. The van der Waals surface area contributed by atoms with E-state index in [0.717, 1.165) is 44.3 Å². The molecule has 1 aromatic carbocycles. The molecule has 1 saturated heterocycles. The van der Waals surface area contributed by atoms with Gasteiger partial charge in [0.05, 0.1) is 17.9 Å². The maximum atomic E-state index is 5.89. The number of nitrogens with one attached hydrogen (secondary N) is 2. The van der Waals surface area contributed by atoms with E-state index in [0.29, 0.717) is 0 Å². The van der Waals surface area contributed by atoms with Gasteiger partial charge in [0.15, 0.2) is 5.96 Å². The van der Waals surface area contributed by atoms with E-state index in [1.54, 1.807) is 0 Å². The van der Waals surface area contributed by atoms with Gasteiger partial charge in [0.25, 0.3) is 0 Å². The van der Waals surface area contributed by atoms with Crippen LogP contribution in [0.1, 0.15) is 48.8 Å². The van der Waals surface area contributed by atoms with Crippen molar-refractivity contribution in [1.82, 2.24) is 25.3 Å². The molecule has 1 aliphatic heterocycles. The Balaban J connectivity index is 1.58. The van der Waals surface area contributed by atoms with Crippen molar-refractivity contribution in [2.45, 2.75) is 72.4 Å². The molecule has 0 saturated carbocycles. The van der Waals surface area contributed by atoms with Crippen LogP contribution in [0.4, 0.5) is 0 Å². The summed E-state index contributed by atoms with van der Waals surface area (Å²) in [7, 11) is 3.82. The Kier molecular flexibility index (Phi) is 8.32. The molecular weight excluding hydrogens is 400 g/mol. The van der Waals surface area contributed by atoms with Gasteiger partial charge in [-0.05, 0) is 57.7 Å². The van der Waals surface area contributed by atoms with E-state index in [4.69, 9.17) is 4.74 Å². The maximum Gasteiger partial charge on any atom is 0.191 e. The smallest absolute Gasteiger partial charge is 0.191 e. The zero-order chi connectivity index (χ0) is 23.3. The van der Waals surface area contributed by atoms with Crippen molar-refractivity contribution >= 4 is 5.96 Å². The van der Waals surface area contributed by atoms with Crippen molar-refractivity contribution in [3.63, 3.8) is 0 Å². The van der Waals surface area contributed by atoms with Gasteiger partial charge in [0, 0.05) is 52.0 Å². The lowest BCUT2D eigenvalue weighted by molar-refractivity contribution is -0.0705. The van der Waals surface area contributed by atoms with Crippen molar-refractivity contribution in [3.8, 4) is 0 Å². The molecule has 32 heavy (non-hydrogen) atoms. The lowest BCUT2D eigenvalue weighted by atomic mass is 10.1. The summed E-state index contributed by atoms with van der Waals surface area (Å²) in [6.07, 6.45) is 1.47. The van der Waals surface area contributed by atoms with E-state index in [-0.39, 0.29) is 18.2 Å². The number of morpholine rings is 1. The number of nitrogens with zero attached hydrogens (tertiary/aromatic N) is 4. The lowest BCUT2D eigenvalue weighted by Crippen LogP contribution is -2.45. The van der Waals surface area contributed by atoms with Crippen LogP contribution >= 0.6 is 0 Å². The van der Waals surface area contributed by atoms with Gasteiger partial charge in [0.2, 0.25) is 0 Å². The molecule has 3 unspecified atom stereocenters. The molecule has 1 fully saturated rings. The number of aryl methyl sites for hydroxylation is 2. The van der Waals surface area contributed by atoms with Crippen molar-refractivity contribution in [2.24, 2.45) is 12.0 Å². The molecule has 1 aliphatic rings. The third-order valence-electron chi connectivity index (χ3n) is 6.23. The molecule has 0 bridgehead atoms. The summed E-state index contributed by atoms with van der Waals surface area (Å²) in [5, 5.41) is 11.6. The summed E-state index contributed by atoms with van der Waals surface area (Å²) < 4.78 is 7.85.